The number of ether oxygens (including phenoxy) is 2. The lowest BCUT2D eigenvalue weighted by molar-refractivity contribution is 0.0684. The molecule has 0 aliphatic carbocycles. The van der Waals surface area contributed by atoms with Gasteiger partial charge in [-0.3, -0.25) is 4.79 Å². The third kappa shape index (κ3) is 2.64. The van der Waals surface area contributed by atoms with Gasteiger partial charge in [0.2, 0.25) is 5.69 Å². The average molecular weight is 292 g/mol. The van der Waals surface area contributed by atoms with Crippen molar-refractivity contribution in [2.75, 3.05) is 14.2 Å². The number of benzene rings is 1. The van der Waals surface area contributed by atoms with Crippen molar-refractivity contribution in [1.82, 2.24) is 9.78 Å². The lowest BCUT2D eigenvalue weighted by Gasteiger charge is -2.12. The normalized spacial score (nSPS) is 10.2. The highest BCUT2D eigenvalue weighted by Crippen LogP contribution is 2.26. The van der Waals surface area contributed by atoms with Crippen molar-refractivity contribution in [3.63, 3.8) is 0 Å². The molecule has 0 atom stereocenters. The van der Waals surface area contributed by atoms with E-state index < -0.39 is 23.0 Å². The van der Waals surface area contributed by atoms with Crippen LogP contribution in [0.1, 0.15) is 10.5 Å². The summed E-state index contributed by atoms with van der Waals surface area (Å²) in [5.74, 6) is -1.43. The van der Waals surface area contributed by atoms with Crippen molar-refractivity contribution in [2.45, 2.75) is 0 Å². The second kappa shape index (κ2) is 5.53. The summed E-state index contributed by atoms with van der Waals surface area (Å²) in [6.45, 7) is 0. The number of rotatable bonds is 4. The molecular weight excluding hydrogens is 280 g/mol. The summed E-state index contributed by atoms with van der Waals surface area (Å²) in [5.41, 5.74) is -1.15. The van der Waals surface area contributed by atoms with Gasteiger partial charge in [-0.25, -0.2) is 4.79 Å². The van der Waals surface area contributed by atoms with Gasteiger partial charge in [-0.2, -0.15) is 9.78 Å². The van der Waals surface area contributed by atoms with Crippen LogP contribution in [0.25, 0.3) is 5.69 Å². The van der Waals surface area contributed by atoms with E-state index >= 15 is 0 Å². The molecule has 0 radical (unpaired) electrons. The Morgan fingerprint density at radius 1 is 1.24 bits per heavy atom. The maximum absolute atomic E-state index is 11.9. The zero-order valence-corrected chi connectivity index (χ0v) is 11.2. The first-order valence-electron chi connectivity index (χ1n) is 5.77. The van der Waals surface area contributed by atoms with Crippen LogP contribution in [0.4, 0.5) is 0 Å². The highest BCUT2D eigenvalue weighted by atomic mass is 16.5. The van der Waals surface area contributed by atoms with E-state index in [9.17, 15) is 14.7 Å². The number of methoxy groups -OCH3 is 2. The molecule has 21 heavy (non-hydrogen) atoms. The van der Waals surface area contributed by atoms with Crippen LogP contribution >= 0.6 is 0 Å². The van der Waals surface area contributed by atoms with Gasteiger partial charge in [0.25, 0.3) is 5.56 Å². The molecular formula is C13H12N2O6. The second-order valence-electron chi connectivity index (χ2n) is 3.97. The maximum Gasteiger partial charge on any atom is 0.360 e. The Kier molecular flexibility index (Phi) is 3.79. The highest BCUT2D eigenvalue weighted by molar-refractivity contribution is 5.88. The molecule has 0 aliphatic rings. The summed E-state index contributed by atoms with van der Waals surface area (Å²) in [7, 11) is 2.84. The number of nitrogens with zero attached hydrogens (tertiary/aromatic N) is 2. The van der Waals surface area contributed by atoms with E-state index in [0.717, 1.165) is 10.7 Å². The molecule has 8 heteroatoms. The van der Waals surface area contributed by atoms with Gasteiger partial charge in [0.15, 0.2) is 5.75 Å². The van der Waals surface area contributed by atoms with E-state index in [1.807, 2.05) is 0 Å². The number of carboxylic acids is 1. The summed E-state index contributed by atoms with van der Waals surface area (Å²) in [6, 6.07) is 5.41. The van der Waals surface area contributed by atoms with Gasteiger partial charge in [-0.1, -0.05) is 0 Å². The smallest absolute Gasteiger partial charge is 0.360 e. The van der Waals surface area contributed by atoms with E-state index in [1.54, 1.807) is 12.1 Å². The number of aromatic hydroxyl groups is 1. The lowest BCUT2D eigenvalue weighted by Crippen LogP contribution is -2.23. The molecule has 0 fully saturated rings. The fourth-order valence-corrected chi connectivity index (χ4v) is 1.73. The van der Waals surface area contributed by atoms with Crippen LogP contribution in [0.3, 0.4) is 0 Å². The van der Waals surface area contributed by atoms with Gasteiger partial charge in [-0.05, 0) is 12.1 Å². The summed E-state index contributed by atoms with van der Waals surface area (Å²) < 4.78 is 11.0. The van der Waals surface area contributed by atoms with Crippen LogP contribution in [0.2, 0.25) is 0 Å². The molecule has 2 rings (SSSR count). The molecule has 0 saturated carbocycles. The Hall–Kier alpha value is -3.03. The van der Waals surface area contributed by atoms with E-state index in [0.29, 0.717) is 11.5 Å². The van der Waals surface area contributed by atoms with Crippen molar-refractivity contribution in [2.24, 2.45) is 0 Å². The van der Waals surface area contributed by atoms with Gasteiger partial charge in [0.05, 0.1) is 14.2 Å². The minimum absolute atomic E-state index is 0.198. The van der Waals surface area contributed by atoms with E-state index in [-0.39, 0.29) is 5.69 Å². The molecule has 110 valence electrons. The topological polar surface area (TPSA) is 111 Å². The standard InChI is InChI=1S/C13H12N2O6/c1-20-7-3-4-10(21-2)8(5-7)15-11(17)6-9(16)12(14-15)13(18)19/h3-6,16H,1-2H3,(H,18,19). The van der Waals surface area contributed by atoms with Crippen LogP contribution < -0.4 is 15.0 Å². The van der Waals surface area contributed by atoms with Crippen molar-refractivity contribution in [3.05, 3.63) is 40.3 Å². The molecule has 0 saturated heterocycles. The SMILES string of the molecule is COc1ccc(OC)c(-n2nc(C(=O)O)c(O)cc2=O)c1. The number of carbonyl (C=O) groups is 1. The zero-order valence-electron chi connectivity index (χ0n) is 11.2. The Morgan fingerprint density at radius 2 is 1.95 bits per heavy atom. The second-order valence-corrected chi connectivity index (χ2v) is 3.97. The molecule has 0 spiro atoms. The minimum atomic E-state index is -1.46. The number of hydrogen-bond acceptors (Lipinski definition) is 6. The molecule has 0 amide bonds. The molecule has 1 aromatic heterocycles. The average Bonchev–Trinajstić information content (AvgIpc) is 2.46. The zero-order chi connectivity index (χ0) is 15.6. The summed E-state index contributed by atoms with van der Waals surface area (Å²) in [5, 5.41) is 22.1. The minimum Gasteiger partial charge on any atom is -0.505 e. The maximum atomic E-state index is 11.9. The molecule has 2 aromatic rings. The van der Waals surface area contributed by atoms with Crippen LogP contribution in [-0.2, 0) is 0 Å². The van der Waals surface area contributed by atoms with Gasteiger partial charge in [-0.15, -0.1) is 0 Å². The fourth-order valence-electron chi connectivity index (χ4n) is 1.73. The molecule has 0 aliphatic heterocycles. The quantitative estimate of drug-likeness (QED) is 0.851. The Bertz CT molecular complexity index is 753. The first-order chi connectivity index (χ1) is 9.97. The van der Waals surface area contributed by atoms with Crippen molar-refractivity contribution in [1.29, 1.82) is 0 Å². The van der Waals surface area contributed by atoms with Gasteiger partial charge in [0, 0.05) is 12.1 Å². The number of carboxylic acid groups (broad SMARTS) is 1. The molecule has 8 nitrogen and oxygen atoms in total. The monoisotopic (exact) mass is 292 g/mol. The Labute approximate surface area is 118 Å². The first-order valence-corrected chi connectivity index (χ1v) is 5.77. The van der Waals surface area contributed by atoms with Crippen molar-refractivity contribution >= 4 is 5.97 Å². The third-order valence-corrected chi connectivity index (χ3v) is 2.73. The number of aromatic nitrogens is 2. The first kappa shape index (κ1) is 14.4. The van der Waals surface area contributed by atoms with Crippen molar-refractivity contribution < 1.29 is 24.5 Å². The number of aromatic carboxylic acids is 1. The molecule has 1 aromatic carbocycles. The van der Waals surface area contributed by atoms with Gasteiger partial charge in [0.1, 0.15) is 17.2 Å². The molecule has 0 bridgehead atoms. The number of hydrogen-bond donors (Lipinski definition) is 2. The van der Waals surface area contributed by atoms with Crippen LogP contribution in [0.15, 0.2) is 29.1 Å². The summed E-state index contributed by atoms with van der Waals surface area (Å²) in [4.78, 5) is 22.9. The largest absolute Gasteiger partial charge is 0.505 e. The van der Waals surface area contributed by atoms with Crippen LogP contribution in [0.5, 0.6) is 17.2 Å². The fraction of sp³-hybridized carbons (Fsp3) is 0.154. The van der Waals surface area contributed by atoms with E-state index in [4.69, 9.17) is 14.6 Å². The molecule has 0 unspecified atom stereocenters. The third-order valence-electron chi connectivity index (χ3n) is 2.73. The predicted octanol–water partition coefficient (Wildman–Crippen LogP) is 0.653. The van der Waals surface area contributed by atoms with Gasteiger partial charge < -0.3 is 19.7 Å². The van der Waals surface area contributed by atoms with Crippen LogP contribution in [-0.4, -0.2) is 40.2 Å². The highest BCUT2D eigenvalue weighted by Gasteiger charge is 2.17. The lowest BCUT2D eigenvalue weighted by atomic mass is 10.2. The molecule has 2 N–H and O–H groups in total. The molecule has 1 heterocycles. The Balaban J connectivity index is 2.74. The summed E-state index contributed by atoms with van der Waals surface area (Å²) in [6.07, 6.45) is 0. The van der Waals surface area contributed by atoms with E-state index in [1.165, 1.54) is 20.3 Å². The summed E-state index contributed by atoms with van der Waals surface area (Å²) >= 11 is 0. The van der Waals surface area contributed by atoms with Crippen LogP contribution in [0, 0.1) is 0 Å². The van der Waals surface area contributed by atoms with Gasteiger partial charge >= 0.3 is 5.97 Å². The van der Waals surface area contributed by atoms with Crippen molar-refractivity contribution in [3.8, 4) is 22.9 Å². The van der Waals surface area contributed by atoms with E-state index in [2.05, 4.69) is 5.10 Å². The Morgan fingerprint density at radius 3 is 2.52 bits per heavy atom. The predicted molar refractivity (Wildman–Crippen MR) is 71.6 cm³/mol.